The molecule has 4 unspecified atom stereocenters. The first-order chi connectivity index (χ1) is 19.7. The summed E-state index contributed by atoms with van der Waals surface area (Å²) in [6, 6.07) is 4.15. The molecule has 1 rings (SSSR count). The molecule has 0 radical (unpaired) electrons. The van der Waals surface area contributed by atoms with E-state index in [2.05, 4.69) is 0 Å². The van der Waals surface area contributed by atoms with Crippen LogP contribution in [0.1, 0.15) is 86.1 Å². The molecule has 3 N–H and O–H groups in total. The van der Waals surface area contributed by atoms with Crippen LogP contribution in [0.5, 0.6) is 11.5 Å². The van der Waals surface area contributed by atoms with Gasteiger partial charge >= 0.3 is 24.4 Å². The highest BCUT2D eigenvalue weighted by Gasteiger charge is 2.37. The molecule has 0 spiro atoms. The topological polar surface area (TPSA) is 170 Å². The van der Waals surface area contributed by atoms with Gasteiger partial charge < -0.3 is 39.3 Å². The van der Waals surface area contributed by atoms with Crippen molar-refractivity contribution in [3.63, 3.8) is 0 Å². The molecular formula is C30H47NO11. The molecule has 238 valence electrons. The van der Waals surface area contributed by atoms with E-state index in [4.69, 9.17) is 34.2 Å². The maximum absolute atomic E-state index is 12.4. The Labute approximate surface area is 248 Å². The second-order valence-corrected chi connectivity index (χ2v) is 10.9. The van der Waals surface area contributed by atoms with Crippen molar-refractivity contribution in [1.29, 1.82) is 0 Å². The van der Waals surface area contributed by atoms with E-state index in [0.717, 1.165) is 19.3 Å². The third-order valence-electron chi connectivity index (χ3n) is 6.65. The Morgan fingerprint density at radius 3 is 1.83 bits per heavy atom. The summed E-state index contributed by atoms with van der Waals surface area (Å²) in [5.41, 5.74) is 4.75. The predicted octanol–water partition coefficient (Wildman–Crippen LogP) is 6.25. The summed E-state index contributed by atoms with van der Waals surface area (Å²) in [5, 5.41) is 9.96. The molecule has 0 saturated heterocycles. The molecule has 0 amide bonds. The summed E-state index contributed by atoms with van der Waals surface area (Å²) in [7, 11) is 0. The molecule has 1 aromatic rings. The summed E-state index contributed by atoms with van der Waals surface area (Å²) in [6.45, 7) is 13.2. The van der Waals surface area contributed by atoms with Crippen LogP contribution in [0.3, 0.4) is 0 Å². The normalized spacial score (nSPS) is 15.2. The lowest BCUT2D eigenvalue weighted by molar-refractivity contribution is -0.144. The van der Waals surface area contributed by atoms with Crippen LogP contribution in [-0.4, -0.2) is 60.5 Å². The van der Waals surface area contributed by atoms with E-state index in [9.17, 15) is 24.3 Å². The maximum Gasteiger partial charge on any atom is 0.513 e. The van der Waals surface area contributed by atoms with E-state index in [0.29, 0.717) is 12.0 Å². The monoisotopic (exact) mass is 597 g/mol. The number of nitrogens with two attached hydrogens (primary N) is 1. The summed E-state index contributed by atoms with van der Waals surface area (Å²) in [4.78, 5) is 49.0. The van der Waals surface area contributed by atoms with Crippen LogP contribution in [-0.2, 0) is 30.2 Å². The van der Waals surface area contributed by atoms with Gasteiger partial charge in [-0.15, -0.1) is 0 Å². The van der Waals surface area contributed by atoms with Crippen LogP contribution in [0.4, 0.5) is 14.4 Å². The van der Waals surface area contributed by atoms with Crippen LogP contribution in [0.25, 0.3) is 0 Å². The number of ether oxygens (including phenoxy) is 6. The molecule has 42 heavy (non-hydrogen) atoms. The molecule has 0 aliphatic heterocycles. The zero-order chi connectivity index (χ0) is 31.9. The molecule has 12 nitrogen and oxygen atoms in total. The van der Waals surface area contributed by atoms with Gasteiger partial charge in [0.05, 0.1) is 13.2 Å². The molecule has 1 aromatic carbocycles. The van der Waals surface area contributed by atoms with Crippen molar-refractivity contribution in [3.05, 3.63) is 23.8 Å². The third kappa shape index (κ3) is 13.4. The number of carboxylic acid groups (broad SMARTS) is 1. The summed E-state index contributed by atoms with van der Waals surface area (Å²) < 4.78 is 31.3. The van der Waals surface area contributed by atoms with E-state index in [1.165, 1.54) is 25.1 Å². The average Bonchev–Trinajstić information content (AvgIpc) is 2.91. The Morgan fingerprint density at radius 2 is 1.33 bits per heavy atom. The van der Waals surface area contributed by atoms with E-state index in [1.807, 2.05) is 34.6 Å². The lowest BCUT2D eigenvalue weighted by Gasteiger charge is -2.28. The van der Waals surface area contributed by atoms with Crippen molar-refractivity contribution in [2.75, 3.05) is 13.2 Å². The van der Waals surface area contributed by atoms with Crippen LogP contribution in [0.15, 0.2) is 18.2 Å². The number of hydrogen-bond donors (Lipinski definition) is 2. The summed E-state index contributed by atoms with van der Waals surface area (Å²) in [6.07, 6.45) is -1.60. The minimum Gasteiger partial charge on any atom is -0.480 e. The standard InChI is InChI=1S/C30H47NO11/c1-8-11-21(6)39-29(36)40-22(7)15-30(31,26(32)33)16-23-12-13-24(41-27(34)37-17-19(4)9-2)25(14-23)42-28(35)38-18-20(5)10-3/h12-14,19-22H,8-11,15-18,31H2,1-7H3,(H,32,33)/t19?,20?,21?,22-,30?/m0/s1. The van der Waals surface area contributed by atoms with Gasteiger partial charge in [0.25, 0.3) is 0 Å². The predicted molar refractivity (Wildman–Crippen MR) is 154 cm³/mol. The minimum absolute atomic E-state index is 0.0971. The quantitative estimate of drug-likeness (QED) is 0.118. The van der Waals surface area contributed by atoms with E-state index in [-0.39, 0.29) is 55.5 Å². The van der Waals surface area contributed by atoms with Crippen molar-refractivity contribution < 1.29 is 52.7 Å². The van der Waals surface area contributed by atoms with Gasteiger partial charge in [-0.3, -0.25) is 4.79 Å². The number of carbonyl (C=O) groups is 4. The fourth-order valence-electron chi connectivity index (χ4n) is 3.70. The van der Waals surface area contributed by atoms with Gasteiger partial charge in [0.15, 0.2) is 11.5 Å². The van der Waals surface area contributed by atoms with Crippen LogP contribution in [0.2, 0.25) is 0 Å². The molecule has 12 heteroatoms. The average molecular weight is 598 g/mol. The number of aliphatic carboxylic acids is 1. The lowest BCUT2D eigenvalue weighted by Crippen LogP contribution is -2.52. The van der Waals surface area contributed by atoms with Gasteiger partial charge in [-0.05, 0) is 49.8 Å². The number of carbonyl (C=O) groups excluding carboxylic acids is 3. The SMILES string of the molecule is CCCC(C)OC(=O)O[C@@H](C)CC(N)(Cc1ccc(OC(=O)OCC(C)CC)c(OC(=O)OCC(C)CC)c1)C(=O)O. The van der Waals surface area contributed by atoms with Crippen molar-refractivity contribution in [3.8, 4) is 11.5 Å². The molecular weight excluding hydrogens is 550 g/mol. The largest absolute Gasteiger partial charge is 0.513 e. The molecule has 0 aromatic heterocycles. The Kier molecular flexibility index (Phi) is 15.7. The zero-order valence-electron chi connectivity index (χ0n) is 25.8. The molecule has 0 aliphatic carbocycles. The van der Waals surface area contributed by atoms with Crippen LogP contribution < -0.4 is 15.2 Å². The summed E-state index contributed by atoms with van der Waals surface area (Å²) >= 11 is 0. The third-order valence-corrected chi connectivity index (χ3v) is 6.65. The summed E-state index contributed by atoms with van der Waals surface area (Å²) in [5.74, 6) is -1.44. The fourth-order valence-corrected chi connectivity index (χ4v) is 3.70. The van der Waals surface area contributed by atoms with Crippen LogP contribution in [0, 0.1) is 11.8 Å². The first-order valence-corrected chi connectivity index (χ1v) is 14.4. The fraction of sp³-hybridized carbons (Fsp3) is 0.667. The van der Waals surface area contributed by atoms with Crippen molar-refractivity contribution in [2.45, 2.75) is 105 Å². The maximum atomic E-state index is 12.4. The Morgan fingerprint density at radius 1 is 0.810 bits per heavy atom. The van der Waals surface area contributed by atoms with Crippen molar-refractivity contribution in [2.24, 2.45) is 17.6 Å². The number of carboxylic acids is 1. The van der Waals surface area contributed by atoms with Gasteiger partial charge in [0.1, 0.15) is 17.7 Å². The highest BCUT2D eigenvalue weighted by Crippen LogP contribution is 2.31. The minimum atomic E-state index is -1.87. The van der Waals surface area contributed by atoms with Gasteiger partial charge in [-0.2, -0.15) is 0 Å². The second kappa shape index (κ2) is 18.1. The van der Waals surface area contributed by atoms with Gasteiger partial charge in [-0.1, -0.05) is 59.9 Å². The smallest absolute Gasteiger partial charge is 0.480 e. The molecule has 0 bridgehead atoms. The lowest BCUT2D eigenvalue weighted by atomic mass is 9.86. The van der Waals surface area contributed by atoms with Crippen molar-refractivity contribution in [1.82, 2.24) is 0 Å². The number of hydrogen-bond acceptors (Lipinski definition) is 11. The van der Waals surface area contributed by atoms with Gasteiger partial charge in [0, 0.05) is 12.8 Å². The number of benzene rings is 1. The Bertz CT molecular complexity index is 1030. The van der Waals surface area contributed by atoms with Crippen LogP contribution >= 0.6 is 0 Å². The molecule has 0 aliphatic rings. The molecule has 0 heterocycles. The first kappa shape index (κ1) is 36.5. The van der Waals surface area contributed by atoms with Gasteiger partial charge in [-0.25, -0.2) is 14.4 Å². The van der Waals surface area contributed by atoms with E-state index in [1.54, 1.807) is 6.92 Å². The first-order valence-electron chi connectivity index (χ1n) is 14.4. The number of rotatable bonds is 17. The van der Waals surface area contributed by atoms with Crippen molar-refractivity contribution >= 4 is 24.4 Å². The van der Waals surface area contributed by atoms with E-state index >= 15 is 0 Å². The molecule has 5 atom stereocenters. The second-order valence-electron chi connectivity index (χ2n) is 10.9. The zero-order valence-corrected chi connectivity index (χ0v) is 25.8. The highest BCUT2D eigenvalue weighted by atomic mass is 16.7. The van der Waals surface area contributed by atoms with E-state index < -0.39 is 36.1 Å². The molecule has 0 fully saturated rings. The Hall–Kier alpha value is -3.54. The highest BCUT2D eigenvalue weighted by molar-refractivity contribution is 5.79. The molecule has 0 saturated carbocycles. The van der Waals surface area contributed by atoms with Gasteiger partial charge in [0.2, 0.25) is 0 Å². The Balaban J connectivity index is 3.13.